The van der Waals surface area contributed by atoms with E-state index in [0.717, 1.165) is 14.2 Å². The number of rotatable bonds is 3. The van der Waals surface area contributed by atoms with E-state index >= 15 is 0 Å². The lowest BCUT2D eigenvalue weighted by molar-refractivity contribution is -0.153. The maximum Gasteiger partial charge on any atom is 0.348 e. The monoisotopic (exact) mass is 348 g/mol. The van der Waals surface area contributed by atoms with Gasteiger partial charge in [-0.2, -0.15) is 4.72 Å². The van der Waals surface area contributed by atoms with Crippen molar-refractivity contribution in [1.82, 2.24) is 4.72 Å². The van der Waals surface area contributed by atoms with E-state index in [0.29, 0.717) is 0 Å². The van der Waals surface area contributed by atoms with Crippen molar-refractivity contribution in [1.29, 1.82) is 0 Å². The van der Waals surface area contributed by atoms with E-state index in [1.165, 1.54) is 18.2 Å². The third-order valence-corrected chi connectivity index (χ3v) is 4.85. The minimum absolute atomic E-state index is 0.0838. The lowest BCUT2D eigenvalue weighted by Crippen LogP contribution is -2.63. The minimum Gasteiger partial charge on any atom is -0.469 e. The Morgan fingerprint density at radius 2 is 1.95 bits per heavy atom. The fourth-order valence-electron chi connectivity index (χ4n) is 2.08. The van der Waals surface area contributed by atoms with Crippen LogP contribution in [0.4, 0.5) is 5.69 Å². The van der Waals surface area contributed by atoms with Crippen molar-refractivity contribution in [2.24, 2.45) is 0 Å². The fourth-order valence-corrected chi connectivity index (χ4v) is 3.68. The van der Waals surface area contributed by atoms with Crippen LogP contribution in [0.25, 0.3) is 0 Å². The van der Waals surface area contributed by atoms with Gasteiger partial charge >= 0.3 is 11.9 Å². The van der Waals surface area contributed by atoms with Gasteiger partial charge in [0, 0.05) is 5.02 Å². The van der Waals surface area contributed by atoms with Gasteiger partial charge in [0.05, 0.1) is 26.3 Å². The number of carbonyl (C=O) groups excluding carboxylic acids is 2. The molecule has 2 rings (SSSR count). The van der Waals surface area contributed by atoms with Gasteiger partial charge in [-0.3, -0.25) is 4.79 Å². The topological polar surface area (TPSA) is 111 Å². The van der Waals surface area contributed by atoms with Crippen molar-refractivity contribution < 1.29 is 27.5 Å². The molecule has 0 spiro atoms. The second-order valence-electron chi connectivity index (χ2n) is 4.52. The van der Waals surface area contributed by atoms with Gasteiger partial charge in [-0.1, -0.05) is 11.6 Å². The second kappa shape index (κ2) is 5.75. The van der Waals surface area contributed by atoms with E-state index in [-0.39, 0.29) is 15.6 Å². The molecule has 0 saturated carbocycles. The van der Waals surface area contributed by atoms with Crippen LogP contribution in [0.15, 0.2) is 23.1 Å². The lowest BCUT2D eigenvalue weighted by atomic mass is 10.1. The number of sulfonamides is 1. The summed E-state index contributed by atoms with van der Waals surface area (Å²) in [5, 5.41) is 2.94. The molecule has 120 valence electrons. The summed E-state index contributed by atoms with van der Waals surface area (Å²) in [5.41, 5.74) is -1.92. The van der Waals surface area contributed by atoms with Gasteiger partial charge in [0.2, 0.25) is 15.7 Å². The first-order chi connectivity index (χ1) is 10.2. The number of halogens is 1. The zero-order chi connectivity index (χ0) is 16.5. The van der Waals surface area contributed by atoms with E-state index in [4.69, 9.17) is 11.6 Å². The first-order valence-corrected chi connectivity index (χ1v) is 7.87. The number of esters is 2. The summed E-state index contributed by atoms with van der Waals surface area (Å²) in [6, 6.07) is 4.02. The molecule has 0 radical (unpaired) electrons. The first kappa shape index (κ1) is 16.5. The Bertz CT molecular complexity index is 735. The number of nitrogens with one attached hydrogen (secondary N) is 2. The number of hydrogen-bond donors (Lipinski definition) is 2. The van der Waals surface area contributed by atoms with Gasteiger partial charge in [-0.05, 0) is 18.2 Å². The highest BCUT2D eigenvalue weighted by Crippen LogP contribution is 2.34. The molecule has 10 heteroatoms. The summed E-state index contributed by atoms with van der Waals surface area (Å²) in [5.74, 6) is -1.78. The van der Waals surface area contributed by atoms with Gasteiger partial charge < -0.3 is 14.8 Å². The molecule has 1 unspecified atom stereocenters. The molecule has 1 aromatic carbocycles. The van der Waals surface area contributed by atoms with Crippen LogP contribution >= 0.6 is 11.6 Å². The molecular weight excluding hydrogens is 336 g/mol. The molecule has 1 heterocycles. The zero-order valence-electron chi connectivity index (χ0n) is 11.7. The highest BCUT2D eigenvalue weighted by Gasteiger charge is 2.49. The van der Waals surface area contributed by atoms with Gasteiger partial charge in [0.25, 0.3) is 0 Å². The molecule has 0 bridgehead atoms. The molecule has 0 fully saturated rings. The summed E-state index contributed by atoms with van der Waals surface area (Å²) >= 11 is 5.85. The van der Waals surface area contributed by atoms with Gasteiger partial charge in [0.15, 0.2) is 0 Å². The zero-order valence-corrected chi connectivity index (χ0v) is 13.2. The number of carbonyl (C=O) groups is 2. The smallest absolute Gasteiger partial charge is 0.348 e. The Morgan fingerprint density at radius 1 is 1.27 bits per heavy atom. The highest BCUT2D eigenvalue weighted by atomic mass is 35.5. The largest absolute Gasteiger partial charge is 0.469 e. The highest BCUT2D eigenvalue weighted by molar-refractivity contribution is 7.89. The molecule has 1 aliphatic heterocycles. The predicted octanol–water partition coefficient (Wildman–Crippen LogP) is 0.476. The molecule has 0 amide bonds. The predicted molar refractivity (Wildman–Crippen MR) is 76.8 cm³/mol. The molecule has 2 N–H and O–H groups in total. The number of methoxy groups -OCH3 is 2. The van der Waals surface area contributed by atoms with Gasteiger partial charge in [-0.25, -0.2) is 13.2 Å². The molecule has 22 heavy (non-hydrogen) atoms. The van der Waals surface area contributed by atoms with Crippen LogP contribution in [0, 0.1) is 0 Å². The maximum atomic E-state index is 12.3. The van der Waals surface area contributed by atoms with E-state index < -0.39 is 34.0 Å². The first-order valence-electron chi connectivity index (χ1n) is 6.01. The fraction of sp³-hybridized carbons (Fsp3) is 0.333. The van der Waals surface area contributed by atoms with Crippen molar-refractivity contribution >= 4 is 39.3 Å². The molecular formula is C12H13ClN2O6S. The Kier molecular flexibility index (Phi) is 4.32. The number of anilines is 1. The average Bonchev–Trinajstić information content (AvgIpc) is 2.44. The Hall–Kier alpha value is -1.84. The summed E-state index contributed by atoms with van der Waals surface area (Å²) < 4.78 is 35.9. The van der Waals surface area contributed by atoms with E-state index in [1.54, 1.807) is 0 Å². The summed E-state index contributed by atoms with van der Waals surface area (Å²) in [4.78, 5) is 23.5. The Labute approximate surface area is 131 Å². The second-order valence-corrected chi connectivity index (χ2v) is 6.61. The van der Waals surface area contributed by atoms with Crippen LogP contribution in [-0.4, -0.2) is 40.2 Å². The third-order valence-electron chi connectivity index (χ3n) is 3.06. The SMILES string of the molecule is COC(=O)CC1(C(=O)OC)Nc2cc(Cl)ccc2S(=O)(=O)N1. The number of fused-ring (bicyclic) bond motifs is 1. The van der Waals surface area contributed by atoms with Crippen molar-refractivity contribution in [3.05, 3.63) is 23.2 Å². The quantitative estimate of drug-likeness (QED) is 0.764. The van der Waals surface area contributed by atoms with Crippen molar-refractivity contribution in [2.75, 3.05) is 19.5 Å². The van der Waals surface area contributed by atoms with E-state index in [9.17, 15) is 18.0 Å². The van der Waals surface area contributed by atoms with Crippen LogP contribution in [-0.2, 0) is 29.1 Å². The van der Waals surface area contributed by atoms with Gasteiger partial charge in [0.1, 0.15) is 4.90 Å². The van der Waals surface area contributed by atoms with Crippen molar-refractivity contribution in [3.63, 3.8) is 0 Å². The normalized spacial score (nSPS) is 22.1. The lowest BCUT2D eigenvalue weighted by Gasteiger charge is -2.36. The van der Waals surface area contributed by atoms with E-state index in [2.05, 4.69) is 19.5 Å². The minimum atomic E-state index is -4.06. The number of benzene rings is 1. The maximum absolute atomic E-state index is 12.3. The summed E-state index contributed by atoms with van der Waals surface area (Å²) in [7, 11) is -1.86. The van der Waals surface area contributed by atoms with Crippen LogP contribution in [0.2, 0.25) is 5.02 Å². The van der Waals surface area contributed by atoms with Crippen LogP contribution in [0.1, 0.15) is 6.42 Å². The molecule has 1 aromatic rings. The molecule has 8 nitrogen and oxygen atoms in total. The summed E-state index contributed by atoms with van der Waals surface area (Å²) in [6.45, 7) is 0. The molecule has 0 saturated heterocycles. The van der Waals surface area contributed by atoms with Crippen LogP contribution < -0.4 is 10.0 Å². The Balaban J connectivity index is 2.58. The van der Waals surface area contributed by atoms with E-state index in [1.807, 2.05) is 0 Å². The standard InChI is InChI=1S/C12H13ClN2O6S/c1-20-10(16)6-12(11(17)21-2)14-8-5-7(13)3-4-9(8)22(18,19)15-12/h3-5,14-15H,6H2,1-2H3. The van der Waals surface area contributed by atoms with Crippen molar-refractivity contribution in [3.8, 4) is 0 Å². The number of ether oxygens (including phenoxy) is 2. The van der Waals surface area contributed by atoms with Crippen LogP contribution in [0.5, 0.6) is 0 Å². The molecule has 1 aliphatic rings. The third kappa shape index (κ3) is 2.87. The van der Waals surface area contributed by atoms with Crippen molar-refractivity contribution in [2.45, 2.75) is 17.0 Å². The van der Waals surface area contributed by atoms with Crippen LogP contribution in [0.3, 0.4) is 0 Å². The van der Waals surface area contributed by atoms with Gasteiger partial charge in [-0.15, -0.1) is 0 Å². The molecule has 0 aromatic heterocycles. The molecule has 0 aliphatic carbocycles. The average molecular weight is 349 g/mol. The Morgan fingerprint density at radius 3 is 2.55 bits per heavy atom. The molecule has 1 atom stereocenters. The number of hydrogen-bond acceptors (Lipinski definition) is 7. The summed E-state index contributed by atoms with van der Waals surface area (Å²) in [6.07, 6.45) is -0.596.